The number of hydrogen-bond donors (Lipinski definition) is 2. The molecule has 1 unspecified atom stereocenters. The predicted molar refractivity (Wildman–Crippen MR) is 67.5 cm³/mol. The Kier molecular flexibility index (Phi) is 5.98. The molecule has 0 bridgehead atoms. The van der Waals surface area contributed by atoms with Crippen molar-refractivity contribution in [2.45, 2.75) is 26.0 Å². The molecule has 0 aromatic heterocycles. The third-order valence-corrected chi connectivity index (χ3v) is 2.72. The molecule has 0 fully saturated rings. The largest absolute Gasteiger partial charge is 0.485 e. The van der Waals surface area contributed by atoms with Gasteiger partial charge in [0.25, 0.3) is 0 Å². The second-order valence-corrected chi connectivity index (χ2v) is 5.29. The molecule has 3 N–H and O–H groups in total. The first-order valence-corrected chi connectivity index (χ1v) is 6.48. The van der Waals surface area contributed by atoms with Crippen molar-refractivity contribution in [2.75, 3.05) is 13.2 Å². The Morgan fingerprint density at radius 1 is 1.33 bits per heavy atom. The van der Waals surface area contributed by atoms with Crippen LogP contribution in [-0.4, -0.2) is 30.4 Å². The summed E-state index contributed by atoms with van der Waals surface area (Å²) in [6.07, 6.45) is -0.769. The van der Waals surface area contributed by atoms with E-state index < -0.39 is 23.5 Å². The SMILES string of the molecule is CC(C)[NH2+]CC(O)COc1c(F)cc(Br)cc1F. The minimum absolute atomic E-state index is 0.140. The minimum Gasteiger partial charge on any atom is -0.485 e. The van der Waals surface area contributed by atoms with Crippen molar-refractivity contribution >= 4 is 15.9 Å². The average Bonchev–Trinajstić information content (AvgIpc) is 2.24. The molecule has 0 radical (unpaired) electrons. The van der Waals surface area contributed by atoms with Crippen LogP contribution in [0.4, 0.5) is 8.78 Å². The number of aliphatic hydroxyl groups excluding tert-OH is 1. The fourth-order valence-corrected chi connectivity index (χ4v) is 1.75. The Labute approximate surface area is 113 Å². The van der Waals surface area contributed by atoms with Gasteiger partial charge >= 0.3 is 0 Å². The number of hydrogen-bond acceptors (Lipinski definition) is 2. The van der Waals surface area contributed by atoms with E-state index in [0.29, 0.717) is 17.1 Å². The molecule has 1 rings (SSSR count). The van der Waals surface area contributed by atoms with Gasteiger partial charge in [-0.25, -0.2) is 8.78 Å². The van der Waals surface area contributed by atoms with Crippen molar-refractivity contribution in [2.24, 2.45) is 0 Å². The van der Waals surface area contributed by atoms with Crippen molar-refractivity contribution in [3.8, 4) is 5.75 Å². The topological polar surface area (TPSA) is 46.1 Å². The van der Waals surface area contributed by atoms with Gasteiger partial charge in [0.2, 0.25) is 0 Å². The summed E-state index contributed by atoms with van der Waals surface area (Å²) in [5, 5.41) is 11.5. The number of aliphatic hydroxyl groups is 1. The third-order valence-electron chi connectivity index (χ3n) is 2.26. The Morgan fingerprint density at radius 2 is 1.89 bits per heavy atom. The highest BCUT2D eigenvalue weighted by molar-refractivity contribution is 9.10. The third kappa shape index (κ3) is 4.88. The molecule has 0 aliphatic heterocycles. The summed E-state index contributed by atoms with van der Waals surface area (Å²) in [6.45, 7) is 4.26. The van der Waals surface area contributed by atoms with Crippen LogP contribution in [0.2, 0.25) is 0 Å². The Bertz CT molecular complexity index is 379. The van der Waals surface area contributed by atoms with Gasteiger partial charge in [-0.2, -0.15) is 0 Å². The maximum Gasteiger partial charge on any atom is 0.190 e. The maximum absolute atomic E-state index is 13.4. The van der Waals surface area contributed by atoms with Gasteiger partial charge in [0, 0.05) is 4.47 Å². The molecular weight excluding hydrogens is 308 g/mol. The summed E-state index contributed by atoms with van der Waals surface area (Å²) in [5.74, 6) is -2.04. The van der Waals surface area contributed by atoms with Gasteiger partial charge in [0.1, 0.15) is 19.3 Å². The molecule has 0 spiro atoms. The van der Waals surface area contributed by atoms with Crippen molar-refractivity contribution in [3.05, 3.63) is 28.2 Å². The summed E-state index contributed by atoms with van der Waals surface area (Å²) in [5.41, 5.74) is 0. The Balaban J connectivity index is 2.53. The second-order valence-electron chi connectivity index (χ2n) is 4.38. The van der Waals surface area contributed by atoms with Crippen molar-refractivity contribution in [1.29, 1.82) is 0 Å². The van der Waals surface area contributed by atoms with Gasteiger partial charge in [0.15, 0.2) is 17.4 Å². The van der Waals surface area contributed by atoms with E-state index >= 15 is 0 Å². The normalized spacial score (nSPS) is 12.8. The molecule has 0 heterocycles. The quantitative estimate of drug-likeness (QED) is 0.831. The number of benzene rings is 1. The lowest BCUT2D eigenvalue weighted by Crippen LogP contribution is -2.90. The van der Waals surface area contributed by atoms with Crippen LogP contribution in [0, 0.1) is 11.6 Å². The van der Waals surface area contributed by atoms with Crippen LogP contribution in [0.3, 0.4) is 0 Å². The van der Waals surface area contributed by atoms with Gasteiger partial charge < -0.3 is 15.2 Å². The number of rotatable bonds is 6. The van der Waals surface area contributed by atoms with Gasteiger partial charge in [-0.1, -0.05) is 15.9 Å². The van der Waals surface area contributed by atoms with Gasteiger partial charge in [-0.3, -0.25) is 0 Å². The summed E-state index contributed by atoms with van der Waals surface area (Å²) >= 11 is 2.98. The van der Waals surface area contributed by atoms with E-state index in [4.69, 9.17) is 4.74 Å². The lowest BCUT2D eigenvalue weighted by atomic mass is 10.3. The van der Waals surface area contributed by atoms with Gasteiger partial charge in [-0.15, -0.1) is 0 Å². The van der Waals surface area contributed by atoms with E-state index in [9.17, 15) is 13.9 Å². The highest BCUT2D eigenvalue weighted by Gasteiger charge is 2.15. The van der Waals surface area contributed by atoms with Crippen LogP contribution < -0.4 is 10.1 Å². The molecule has 0 amide bonds. The molecule has 3 nitrogen and oxygen atoms in total. The van der Waals surface area contributed by atoms with Gasteiger partial charge in [-0.05, 0) is 26.0 Å². The number of quaternary nitrogens is 1. The molecule has 0 aliphatic rings. The molecule has 1 atom stereocenters. The van der Waals surface area contributed by atoms with Crippen molar-refractivity contribution < 1.29 is 23.9 Å². The predicted octanol–water partition coefficient (Wildman–Crippen LogP) is 1.44. The molecule has 1 aromatic rings. The minimum atomic E-state index is -0.790. The van der Waals surface area contributed by atoms with E-state index in [1.165, 1.54) is 0 Å². The van der Waals surface area contributed by atoms with Crippen LogP contribution in [0.15, 0.2) is 16.6 Å². The maximum atomic E-state index is 13.4. The van der Waals surface area contributed by atoms with Crippen LogP contribution in [0.25, 0.3) is 0 Å². The van der Waals surface area contributed by atoms with E-state index in [1.807, 2.05) is 19.2 Å². The standard InChI is InChI=1S/C12H16BrF2NO2/c1-7(2)16-5-9(17)6-18-12-10(14)3-8(13)4-11(12)15/h3-4,7,9,16-17H,5-6H2,1-2H3/p+1. The molecule has 1 aromatic carbocycles. The molecule has 0 saturated carbocycles. The lowest BCUT2D eigenvalue weighted by Gasteiger charge is -2.13. The molecule has 18 heavy (non-hydrogen) atoms. The molecule has 6 heteroatoms. The van der Waals surface area contributed by atoms with E-state index in [2.05, 4.69) is 15.9 Å². The smallest absolute Gasteiger partial charge is 0.190 e. The van der Waals surface area contributed by atoms with E-state index in [0.717, 1.165) is 12.1 Å². The van der Waals surface area contributed by atoms with Crippen LogP contribution in [-0.2, 0) is 0 Å². The number of nitrogens with two attached hydrogens (primary N) is 1. The first-order chi connectivity index (χ1) is 8.40. The van der Waals surface area contributed by atoms with Crippen molar-refractivity contribution in [1.82, 2.24) is 0 Å². The summed E-state index contributed by atoms with van der Waals surface area (Å²) in [7, 11) is 0. The zero-order valence-corrected chi connectivity index (χ0v) is 11.9. The highest BCUT2D eigenvalue weighted by Crippen LogP contribution is 2.25. The highest BCUT2D eigenvalue weighted by atomic mass is 79.9. The zero-order valence-electron chi connectivity index (χ0n) is 10.3. The number of halogens is 3. The number of ether oxygens (including phenoxy) is 1. The second kappa shape index (κ2) is 7.01. The first kappa shape index (κ1) is 15.3. The molecule has 102 valence electrons. The van der Waals surface area contributed by atoms with E-state index in [1.54, 1.807) is 0 Å². The van der Waals surface area contributed by atoms with E-state index in [-0.39, 0.29) is 6.61 Å². The zero-order chi connectivity index (χ0) is 13.7. The summed E-state index contributed by atoms with van der Waals surface area (Å²) in [4.78, 5) is 0. The van der Waals surface area contributed by atoms with Crippen molar-refractivity contribution in [3.63, 3.8) is 0 Å². The monoisotopic (exact) mass is 324 g/mol. The molecule has 0 saturated heterocycles. The fraction of sp³-hybridized carbons (Fsp3) is 0.500. The summed E-state index contributed by atoms with van der Waals surface area (Å²) in [6, 6.07) is 2.58. The lowest BCUT2D eigenvalue weighted by molar-refractivity contribution is -0.688. The summed E-state index contributed by atoms with van der Waals surface area (Å²) < 4.78 is 32.1. The first-order valence-electron chi connectivity index (χ1n) is 5.69. The van der Waals surface area contributed by atoms with Crippen LogP contribution in [0.5, 0.6) is 5.75 Å². The van der Waals surface area contributed by atoms with Crippen LogP contribution >= 0.6 is 15.9 Å². The van der Waals surface area contributed by atoms with Gasteiger partial charge in [0.05, 0.1) is 6.04 Å². The molecular formula is C12H17BrF2NO2+. The molecule has 0 aliphatic carbocycles. The van der Waals surface area contributed by atoms with Crippen LogP contribution in [0.1, 0.15) is 13.8 Å². The Morgan fingerprint density at radius 3 is 2.39 bits per heavy atom. The fourth-order valence-electron chi connectivity index (χ4n) is 1.34. The Hall–Kier alpha value is -0.720. The average molecular weight is 325 g/mol.